The molecule has 0 aromatic heterocycles. The number of halogens is 2. The molecule has 120 valence electrons. The number of ether oxygens (including phenoxy) is 1. The molecule has 0 aliphatic carbocycles. The van der Waals surface area contributed by atoms with Gasteiger partial charge in [-0.1, -0.05) is 25.4 Å². The topological polar surface area (TPSA) is 50.4 Å². The number of carbonyl (C=O) groups excluding carboxylic acids is 1. The summed E-state index contributed by atoms with van der Waals surface area (Å²) in [7, 11) is 3.37. The third-order valence-electron chi connectivity index (χ3n) is 2.95. The predicted octanol–water partition coefficient (Wildman–Crippen LogP) is 3.19. The lowest BCUT2D eigenvalue weighted by molar-refractivity contribution is -0.121. The second-order valence-corrected chi connectivity index (χ2v) is 5.60. The van der Waals surface area contributed by atoms with E-state index in [2.05, 4.69) is 24.5 Å². The van der Waals surface area contributed by atoms with Gasteiger partial charge in [0.2, 0.25) is 5.91 Å². The highest BCUT2D eigenvalue weighted by molar-refractivity contribution is 6.30. The van der Waals surface area contributed by atoms with Gasteiger partial charge >= 0.3 is 0 Å². The Labute approximate surface area is 138 Å². The van der Waals surface area contributed by atoms with Gasteiger partial charge in [0, 0.05) is 10.6 Å². The van der Waals surface area contributed by atoms with Crippen LogP contribution < -0.4 is 15.4 Å². The van der Waals surface area contributed by atoms with Crippen molar-refractivity contribution < 1.29 is 9.53 Å². The fourth-order valence-electron chi connectivity index (χ4n) is 2.12. The molecule has 0 radical (unpaired) electrons. The third-order valence-corrected chi connectivity index (χ3v) is 3.18. The van der Waals surface area contributed by atoms with Crippen molar-refractivity contribution in [2.45, 2.75) is 26.3 Å². The minimum Gasteiger partial charge on any atom is -0.496 e. The number of hydrogen-bond acceptors (Lipinski definition) is 3. The molecule has 4 nitrogen and oxygen atoms in total. The lowest BCUT2D eigenvalue weighted by Gasteiger charge is -2.23. The van der Waals surface area contributed by atoms with E-state index in [4.69, 9.17) is 16.3 Å². The molecule has 1 amide bonds. The minimum absolute atomic E-state index is 0. The summed E-state index contributed by atoms with van der Waals surface area (Å²) in [6.07, 6.45) is 0.826. The average Bonchev–Trinajstić information content (AvgIpc) is 2.37. The Bertz CT molecular complexity index is 453. The highest BCUT2D eigenvalue weighted by Crippen LogP contribution is 2.31. The Balaban J connectivity index is 0.00000400. The molecular formula is C15H24Cl2N2O2. The molecule has 2 N–H and O–H groups in total. The number of amides is 1. The van der Waals surface area contributed by atoms with E-state index in [0.29, 0.717) is 10.9 Å². The average molecular weight is 335 g/mol. The molecule has 0 heterocycles. The molecule has 1 unspecified atom stereocenters. The van der Waals surface area contributed by atoms with Gasteiger partial charge in [-0.15, -0.1) is 12.4 Å². The minimum atomic E-state index is -0.107. The van der Waals surface area contributed by atoms with Crippen LogP contribution in [0.1, 0.15) is 31.9 Å². The van der Waals surface area contributed by atoms with Crippen LogP contribution in [0, 0.1) is 5.92 Å². The van der Waals surface area contributed by atoms with E-state index in [0.717, 1.165) is 17.7 Å². The van der Waals surface area contributed by atoms with Gasteiger partial charge in [-0.25, -0.2) is 0 Å². The number of methoxy groups -OCH3 is 1. The van der Waals surface area contributed by atoms with E-state index in [-0.39, 0.29) is 30.9 Å². The van der Waals surface area contributed by atoms with Crippen molar-refractivity contribution in [2.24, 2.45) is 5.92 Å². The van der Waals surface area contributed by atoms with Gasteiger partial charge in [0.1, 0.15) is 5.75 Å². The van der Waals surface area contributed by atoms with Crippen LogP contribution in [0.5, 0.6) is 5.75 Å². The fraction of sp³-hybridized carbons (Fsp3) is 0.533. The fourth-order valence-corrected chi connectivity index (χ4v) is 2.30. The summed E-state index contributed by atoms with van der Waals surface area (Å²) in [6, 6.07) is 5.36. The van der Waals surface area contributed by atoms with Crippen LogP contribution in [-0.4, -0.2) is 26.6 Å². The van der Waals surface area contributed by atoms with E-state index >= 15 is 0 Å². The number of rotatable bonds is 7. The van der Waals surface area contributed by atoms with E-state index in [1.54, 1.807) is 20.2 Å². The van der Waals surface area contributed by atoms with Crippen LogP contribution in [0.15, 0.2) is 18.2 Å². The highest BCUT2D eigenvalue weighted by atomic mass is 35.5. The Morgan fingerprint density at radius 1 is 1.38 bits per heavy atom. The largest absolute Gasteiger partial charge is 0.496 e. The summed E-state index contributed by atoms with van der Waals surface area (Å²) < 4.78 is 5.38. The molecule has 1 rings (SSSR count). The lowest BCUT2D eigenvalue weighted by Crippen LogP contribution is -2.35. The first-order valence-electron chi connectivity index (χ1n) is 6.75. The molecular weight excluding hydrogens is 311 g/mol. The van der Waals surface area contributed by atoms with Crippen molar-refractivity contribution >= 4 is 29.9 Å². The van der Waals surface area contributed by atoms with Crippen LogP contribution in [0.3, 0.4) is 0 Å². The molecule has 0 aliphatic heterocycles. The normalized spacial score (nSPS) is 11.7. The maximum absolute atomic E-state index is 11.8. The zero-order valence-electron chi connectivity index (χ0n) is 12.9. The third kappa shape index (κ3) is 6.55. The van der Waals surface area contributed by atoms with Gasteiger partial charge in [0.15, 0.2) is 0 Å². The summed E-state index contributed by atoms with van der Waals surface area (Å²) in [5.74, 6) is 1.14. The van der Waals surface area contributed by atoms with Crippen molar-refractivity contribution in [3.63, 3.8) is 0 Å². The van der Waals surface area contributed by atoms with Crippen LogP contribution in [0.4, 0.5) is 0 Å². The standard InChI is InChI=1S/C15H23ClN2O2.ClH/c1-10(2)7-13(18-15(19)9-17-3)12-8-11(16)5-6-14(12)20-4;/h5-6,8,10,13,17H,7,9H2,1-4H3,(H,18,19);1H. The number of hydrogen-bond donors (Lipinski definition) is 2. The smallest absolute Gasteiger partial charge is 0.234 e. The first-order valence-corrected chi connectivity index (χ1v) is 7.13. The SMILES string of the molecule is CNCC(=O)NC(CC(C)C)c1cc(Cl)ccc1OC.Cl. The van der Waals surface area contributed by atoms with Crippen molar-refractivity contribution in [1.82, 2.24) is 10.6 Å². The van der Waals surface area contributed by atoms with Gasteiger partial charge < -0.3 is 15.4 Å². The predicted molar refractivity (Wildman–Crippen MR) is 89.5 cm³/mol. The monoisotopic (exact) mass is 334 g/mol. The first kappa shape index (κ1) is 20.0. The summed E-state index contributed by atoms with van der Waals surface area (Å²) in [6.45, 7) is 4.53. The maximum Gasteiger partial charge on any atom is 0.234 e. The molecule has 0 fully saturated rings. The first-order chi connectivity index (χ1) is 9.47. The van der Waals surface area contributed by atoms with Crippen LogP contribution in [0.2, 0.25) is 5.02 Å². The lowest BCUT2D eigenvalue weighted by atomic mass is 9.96. The zero-order valence-corrected chi connectivity index (χ0v) is 14.5. The Morgan fingerprint density at radius 3 is 2.57 bits per heavy atom. The van der Waals surface area contributed by atoms with Gasteiger partial charge in [0.25, 0.3) is 0 Å². The van der Waals surface area contributed by atoms with Crippen molar-refractivity contribution in [2.75, 3.05) is 20.7 Å². The molecule has 0 saturated heterocycles. The number of carbonyl (C=O) groups is 1. The molecule has 1 atom stereocenters. The van der Waals surface area contributed by atoms with Crippen LogP contribution in [0.25, 0.3) is 0 Å². The van der Waals surface area contributed by atoms with Gasteiger partial charge in [0.05, 0.1) is 19.7 Å². The highest BCUT2D eigenvalue weighted by Gasteiger charge is 2.20. The molecule has 0 aliphatic rings. The summed E-state index contributed by atoms with van der Waals surface area (Å²) >= 11 is 6.07. The number of likely N-dealkylation sites (N-methyl/N-ethyl adjacent to an activating group) is 1. The molecule has 6 heteroatoms. The Kier molecular flexibility index (Phi) is 9.42. The molecule has 1 aromatic rings. The molecule has 0 spiro atoms. The van der Waals surface area contributed by atoms with E-state index in [1.807, 2.05) is 12.1 Å². The number of benzene rings is 1. The zero-order chi connectivity index (χ0) is 15.1. The van der Waals surface area contributed by atoms with Gasteiger partial charge in [-0.05, 0) is 37.6 Å². The summed E-state index contributed by atoms with van der Waals surface area (Å²) in [5.41, 5.74) is 0.915. The van der Waals surface area contributed by atoms with Crippen molar-refractivity contribution in [3.8, 4) is 5.75 Å². The number of nitrogens with one attached hydrogen (secondary N) is 2. The molecule has 0 saturated carbocycles. The Hall–Kier alpha value is -0.970. The molecule has 21 heavy (non-hydrogen) atoms. The van der Waals surface area contributed by atoms with E-state index in [1.165, 1.54) is 0 Å². The summed E-state index contributed by atoms with van der Waals surface area (Å²) in [4.78, 5) is 11.8. The van der Waals surface area contributed by atoms with E-state index in [9.17, 15) is 4.79 Å². The van der Waals surface area contributed by atoms with Crippen LogP contribution >= 0.6 is 24.0 Å². The molecule has 1 aromatic carbocycles. The Morgan fingerprint density at radius 2 is 2.05 bits per heavy atom. The van der Waals surface area contributed by atoms with Crippen LogP contribution in [-0.2, 0) is 4.79 Å². The van der Waals surface area contributed by atoms with Crippen molar-refractivity contribution in [3.05, 3.63) is 28.8 Å². The van der Waals surface area contributed by atoms with Gasteiger partial charge in [-0.2, -0.15) is 0 Å². The second kappa shape index (κ2) is 9.87. The van der Waals surface area contributed by atoms with E-state index < -0.39 is 0 Å². The molecule has 0 bridgehead atoms. The quantitative estimate of drug-likeness (QED) is 0.805. The summed E-state index contributed by atoms with van der Waals surface area (Å²) in [5, 5.41) is 6.51. The maximum atomic E-state index is 11.8. The van der Waals surface area contributed by atoms with Crippen molar-refractivity contribution in [1.29, 1.82) is 0 Å². The van der Waals surface area contributed by atoms with Gasteiger partial charge in [-0.3, -0.25) is 4.79 Å². The second-order valence-electron chi connectivity index (χ2n) is 5.17.